The number of ketones is 1. The van der Waals surface area contributed by atoms with E-state index in [0.717, 1.165) is 22.4 Å². The van der Waals surface area contributed by atoms with Crippen LogP contribution in [0.3, 0.4) is 0 Å². The predicted octanol–water partition coefficient (Wildman–Crippen LogP) is 3.70. The lowest BCUT2D eigenvalue weighted by Crippen LogP contribution is -2.31. The quantitative estimate of drug-likeness (QED) is 0.878. The first-order valence-electron chi connectivity index (χ1n) is 9.41. The van der Waals surface area contributed by atoms with Gasteiger partial charge in [-0.05, 0) is 49.5 Å². The number of hydrogen-bond acceptors (Lipinski definition) is 3. The van der Waals surface area contributed by atoms with Gasteiger partial charge in [-0.3, -0.25) is 9.59 Å². The van der Waals surface area contributed by atoms with Gasteiger partial charge in [0.25, 0.3) is 0 Å². The molecule has 3 rings (SSSR count). The lowest BCUT2D eigenvalue weighted by atomic mass is 9.88. The van der Waals surface area contributed by atoms with Crippen molar-refractivity contribution in [1.82, 2.24) is 4.90 Å². The van der Waals surface area contributed by atoms with E-state index in [4.69, 9.17) is 0 Å². The molecule has 1 heterocycles. The molecule has 1 aromatic rings. The van der Waals surface area contributed by atoms with Crippen molar-refractivity contribution in [3.63, 3.8) is 0 Å². The monoisotopic (exact) mass is 353 g/mol. The maximum atomic E-state index is 12.7. The van der Waals surface area contributed by atoms with Gasteiger partial charge in [-0.2, -0.15) is 0 Å². The summed E-state index contributed by atoms with van der Waals surface area (Å²) in [5.74, 6) is -0.402. The largest absolute Gasteiger partial charge is 0.385 e. The van der Waals surface area contributed by atoms with Crippen LogP contribution in [0.4, 0.5) is 0 Å². The molecule has 2 atom stereocenters. The van der Waals surface area contributed by atoms with Crippen LogP contribution in [-0.2, 0) is 21.7 Å². The van der Waals surface area contributed by atoms with Gasteiger partial charge in [0.05, 0.1) is 24.0 Å². The average Bonchev–Trinajstić information content (AvgIpc) is 2.90. The molecule has 0 radical (unpaired) electrons. The molecule has 1 amide bonds. The van der Waals surface area contributed by atoms with Crippen molar-refractivity contribution >= 4 is 11.7 Å². The van der Waals surface area contributed by atoms with Crippen molar-refractivity contribution in [2.75, 3.05) is 0 Å². The molecule has 1 N–H and O–H groups in total. The zero-order valence-electron chi connectivity index (χ0n) is 16.0. The van der Waals surface area contributed by atoms with Crippen LogP contribution in [0.2, 0.25) is 0 Å². The summed E-state index contributed by atoms with van der Waals surface area (Å²) in [6.07, 6.45) is 4.70. The summed E-state index contributed by atoms with van der Waals surface area (Å²) in [7, 11) is 0. The van der Waals surface area contributed by atoms with Crippen LogP contribution < -0.4 is 0 Å². The van der Waals surface area contributed by atoms with Crippen LogP contribution in [0.5, 0.6) is 0 Å². The van der Waals surface area contributed by atoms with Crippen molar-refractivity contribution < 1.29 is 14.7 Å². The zero-order chi connectivity index (χ0) is 19.1. The van der Waals surface area contributed by atoms with Crippen molar-refractivity contribution in [2.45, 2.75) is 52.7 Å². The smallest absolute Gasteiger partial charge is 0.234 e. The summed E-state index contributed by atoms with van der Waals surface area (Å²) in [6, 6.07) is 7.81. The molecule has 0 saturated heterocycles. The van der Waals surface area contributed by atoms with Crippen LogP contribution >= 0.6 is 0 Å². The number of carbonyl (C=O) groups excluding carboxylic acids is 2. The third-order valence-electron chi connectivity index (χ3n) is 5.96. The molecule has 2 unspecified atom stereocenters. The Morgan fingerprint density at radius 1 is 1.00 bits per heavy atom. The molecule has 2 aliphatic rings. The van der Waals surface area contributed by atoms with Gasteiger partial charge in [0.1, 0.15) is 0 Å². The molecule has 0 spiro atoms. The highest BCUT2D eigenvalue weighted by Gasteiger charge is 2.41. The first-order valence-corrected chi connectivity index (χ1v) is 9.41. The lowest BCUT2D eigenvalue weighted by molar-refractivity contribution is -0.131. The number of benzene rings is 1. The first kappa shape index (κ1) is 18.6. The number of nitrogens with zero attached hydrogens (tertiary/aromatic N) is 1. The average molecular weight is 353 g/mol. The van der Waals surface area contributed by atoms with Crippen LogP contribution in [0.1, 0.15) is 51.7 Å². The van der Waals surface area contributed by atoms with Crippen LogP contribution in [0.25, 0.3) is 0 Å². The van der Waals surface area contributed by atoms with Gasteiger partial charge >= 0.3 is 0 Å². The highest BCUT2D eigenvalue weighted by atomic mass is 16.3. The molecule has 0 saturated carbocycles. The second kappa shape index (κ2) is 6.84. The normalized spacial score (nSPS) is 23.0. The van der Waals surface area contributed by atoms with Crippen LogP contribution in [0, 0.1) is 11.8 Å². The summed E-state index contributed by atoms with van der Waals surface area (Å²) >= 11 is 0. The van der Waals surface area contributed by atoms with E-state index in [-0.39, 0.29) is 23.5 Å². The second-order valence-corrected chi connectivity index (χ2v) is 7.38. The second-order valence-electron chi connectivity index (χ2n) is 7.38. The van der Waals surface area contributed by atoms with E-state index < -0.39 is 5.60 Å². The molecule has 4 nitrogen and oxygen atoms in total. The molecule has 0 bridgehead atoms. The number of carbonyl (C=O) groups is 2. The van der Waals surface area contributed by atoms with E-state index in [0.29, 0.717) is 19.4 Å². The fourth-order valence-corrected chi connectivity index (χ4v) is 3.95. The Bertz CT molecular complexity index is 784. The molecular weight excluding hydrogens is 326 g/mol. The Balaban J connectivity index is 1.87. The predicted molar refractivity (Wildman–Crippen MR) is 101 cm³/mol. The topological polar surface area (TPSA) is 57.6 Å². The summed E-state index contributed by atoms with van der Waals surface area (Å²) in [6.45, 7) is 8.17. The Labute approximate surface area is 155 Å². The van der Waals surface area contributed by atoms with Gasteiger partial charge < -0.3 is 10.0 Å². The minimum Gasteiger partial charge on any atom is -0.385 e. The molecule has 26 heavy (non-hydrogen) atoms. The minimum atomic E-state index is -0.804. The molecule has 1 aliphatic carbocycles. The fourth-order valence-electron chi connectivity index (χ4n) is 3.95. The number of amides is 1. The molecular formula is C22H27NO3. The number of hydrogen-bond donors (Lipinski definition) is 1. The highest BCUT2D eigenvalue weighted by Crippen LogP contribution is 2.39. The summed E-state index contributed by atoms with van der Waals surface area (Å²) in [5.41, 5.74) is 2.90. The molecule has 1 aromatic carbocycles. The fraction of sp³-hybridized carbons (Fsp3) is 0.455. The lowest BCUT2D eigenvalue weighted by Gasteiger charge is -2.27. The molecule has 0 fully saturated rings. The first-order chi connectivity index (χ1) is 12.3. The molecule has 4 heteroatoms. The van der Waals surface area contributed by atoms with Gasteiger partial charge in [0.15, 0.2) is 5.78 Å². The van der Waals surface area contributed by atoms with Crippen LogP contribution in [-0.4, -0.2) is 21.7 Å². The van der Waals surface area contributed by atoms with E-state index in [2.05, 4.69) is 0 Å². The third kappa shape index (κ3) is 2.92. The number of aliphatic hydroxyl groups is 1. The SMILES string of the molecule is CCC(O)(CC)c1ccc(CN2C(=O)C(C)C3=C2C(C)C(=O)C=C3)cc1. The van der Waals surface area contributed by atoms with E-state index in [1.807, 2.05) is 52.0 Å². The summed E-state index contributed by atoms with van der Waals surface area (Å²) < 4.78 is 0. The van der Waals surface area contributed by atoms with E-state index in [1.165, 1.54) is 0 Å². The van der Waals surface area contributed by atoms with Crippen LogP contribution in [0.15, 0.2) is 47.7 Å². The standard InChI is InChI=1S/C22H27NO3/c1-5-22(26,6-2)17-9-7-16(8-10-17)13-23-20-15(4)19(24)12-11-18(20)14(3)21(23)25/h7-12,14-15,26H,5-6,13H2,1-4H3. The molecule has 1 aliphatic heterocycles. The number of rotatable bonds is 5. The maximum Gasteiger partial charge on any atom is 0.234 e. The zero-order valence-corrected chi connectivity index (χ0v) is 16.0. The van der Waals surface area contributed by atoms with Crippen molar-refractivity contribution in [3.8, 4) is 0 Å². The van der Waals surface area contributed by atoms with Crippen molar-refractivity contribution in [1.29, 1.82) is 0 Å². The maximum absolute atomic E-state index is 12.7. The molecule has 0 aromatic heterocycles. The van der Waals surface area contributed by atoms with Gasteiger partial charge in [0.2, 0.25) is 5.91 Å². The minimum absolute atomic E-state index is 0.0435. The van der Waals surface area contributed by atoms with Gasteiger partial charge in [-0.1, -0.05) is 44.2 Å². The Morgan fingerprint density at radius 2 is 1.62 bits per heavy atom. The Kier molecular flexibility index (Phi) is 4.89. The van der Waals surface area contributed by atoms with Crippen molar-refractivity contribution in [3.05, 3.63) is 58.8 Å². The van der Waals surface area contributed by atoms with Gasteiger partial charge in [-0.25, -0.2) is 0 Å². The highest BCUT2D eigenvalue weighted by molar-refractivity contribution is 5.99. The van der Waals surface area contributed by atoms with E-state index >= 15 is 0 Å². The van der Waals surface area contributed by atoms with Gasteiger partial charge in [-0.15, -0.1) is 0 Å². The summed E-state index contributed by atoms with van der Waals surface area (Å²) in [4.78, 5) is 26.6. The molecule has 138 valence electrons. The Hall–Kier alpha value is -2.20. The van der Waals surface area contributed by atoms with Gasteiger partial charge in [0, 0.05) is 5.70 Å². The number of allylic oxidation sites excluding steroid dienone is 3. The Morgan fingerprint density at radius 3 is 2.19 bits per heavy atom. The summed E-state index contributed by atoms with van der Waals surface area (Å²) in [5, 5.41) is 10.7. The van der Waals surface area contributed by atoms with Crippen molar-refractivity contribution in [2.24, 2.45) is 11.8 Å². The van der Waals surface area contributed by atoms with E-state index in [1.54, 1.807) is 17.1 Å². The third-order valence-corrected chi connectivity index (χ3v) is 5.96. The van der Waals surface area contributed by atoms with E-state index in [9.17, 15) is 14.7 Å².